The molecule has 0 aliphatic heterocycles. The van der Waals surface area contributed by atoms with Crippen LogP contribution in [0.4, 0.5) is 0 Å². The number of rotatable bonds is 7. The summed E-state index contributed by atoms with van der Waals surface area (Å²) in [7, 11) is 0. The zero-order chi connectivity index (χ0) is 13.9. The minimum absolute atomic E-state index is 0.625. The van der Waals surface area contributed by atoms with Crippen molar-refractivity contribution in [3.05, 3.63) is 0 Å². The Labute approximate surface area is 116 Å². The van der Waals surface area contributed by atoms with Crippen LogP contribution in [0.1, 0.15) is 80.6 Å². The van der Waals surface area contributed by atoms with E-state index in [1.807, 2.05) is 0 Å². The number of hydrogen-bond acceptors (Lipinski definition) is 0. The van der Waals surface area contributed by atoms with Crippen LogP contribution in [0, 0.1) is 35.0 Å². The van der Waals surface area contributed by atoms with Crippen LogP contribution in [-0.4, -0.2) is 0 Å². The summed E-state index contributed by atoms with van der Waals surface area (Å²) in [6.45, 7) is 17.0. The largest absolute Gasteiger partial charge is 0.0651 e. The Kier molecular flexibility index (Phi) is 5.74. The average molecular weight is 252 g/mol. The van der Waals surface area contributed by atoms with Gasteiger partial charge in [-0.05, 0) is 47.8 Å². The maximum atomic E-state index is 2.54. The van der Waals surface area contributed by atoms with Gasteiger partial charge in [-0.1, -0.05) is 67.7 Å². The van der Waals surface area contributed by atoms with Crippen LogP contribution in [-0.2, 0) is 0 Å². The van der Waals surface area contributed by atoms with Gasteiger partial charge in [0.1, 0.15) is 0 Å². The highest BCUT2D eigenvalue weighted by molar-refractivity contribution is 4.98. The maximum absolute atomic E-state index is 2.54. The molecule has 0 N–H and O–H groups in total. The molecule has 0 heterocycles. The quantitative estimate of drug-likeness (QED) is 0.509. The van der Waals surface area contributed by atoms with E-state index in [-0.39, 0.29) is 0 Å². The summed E-state index contributed by atoms with van der Waals surface area (Å²) in [5.74, 6) is 4.60. The highest BCUT2D eigenvalue weighted by Crippen LogP contribution is 2.57. The summed E-state index contributed by atoms with van der Waals surface area (Å²) in [6, 6.07) is 0. The monoisotopic (exact) mass is 252 g/mol. The van der Waals surface area contributed by atoms with E-state index in [0.717, 1.165) is 29.6 Å². The first-order valence-corrected chi connectivity index (χ1v) is 8.33. The predicted octanol–water partition coefficient (Wildman–Crippen LogP) is 6.16. The normalized spacial score (nSPS) is 35.3. The van der Waals surface area contributed by atoms with Gasteiger partial charge in [0.25, 0.3) is 0 Å². The van der Waals surface area contributed by atoms with E-state index < -0.39 is 0 Å². The van der Waals surface area contributed by atoms with Crippen LogP contribution in [0.5, 0.6) is 0 Å². The third-order valence-electron chi connectivity index (χ3n) is 6.65. The molecule has 5 atom stereocenters. The zero-order valence-corrected chi connectivity index (χ0v) is 13.9. The van der Waals surface area contributed by atoms with Crippen molar-refractivity contribution in [3.63, 3.8) is 0 Å². The van der Waals surface area contributed by atoms with Gasteiger partial charge >= 0.3 is 0 Å². The van der Waals surface area contributed by atoms with Crippen LogP contribution in [0.3, 0.4) is 0 Å². The Bertz CT molecular complexity index is 236. The van der Waals surface area contributed by atoms with Crippen molar-refractivity contribution in [2.75, 3.05) is 0 Å². The lowest BCUT2D eigenvalue weighted by molar-refractivity contribution is -0.0728. The van der Waals surface area contributed by atoms with Gasteiger partial charge < -0.3 is 0 Å². The van der Waals surface area contributed by atoms with Crippen LogP contribution in [0.25, 0.3) is 0 Å². The lowest BCUT2D eigenvalue weighted by atomic mass is 9.49. The molecule has 0 radical (unpaired) electrons. The molecule has 0 aromatic rings. The molecule has 1 saturated carbocycles. The Morgan fingerprint density at radius 2 is 1.72 bits per heavy atom. The molecule has 108 valence electrons. The van der Waals surface area contributed by atoms with Gasteiger partial charge in [0, 0.05) is 0 Å². The molecule has 5 unspecified atom stereocenters. The van der Waals surface area contributed by atoms with E-state index in [9.17, 15) is 0 Å². The van der Waals surface area contributed by atoms with Crippen LogP contribution < -0.4 is 0 Å². The van der Waals surface area contributed by atoms with E-state index in [4.69, 9.17) is 0 Å². The molecule has 0 bridgehead atoms. The fourth-order valence-corrected chi connectivity index (χ4v) is 4.02. The van der Waals surface area contributed by atoms with Crippen molar-refractivity contribution in [1.29, 1.82) is 0 Å². The molecule has 0 nitrogen and oxygen atoms in total. The number of hydrogen-bond donors (Lipinski definition) is 0. The second-order valence-electron chi connectivity index (χ2n) is 7.65. The van der Waals surface area contributed by atoms with E-state index in [0.29, 0.717) is 5.41 Å². The van der Waals surface area contributed by atoms with Gasteiger partial charge in [0.2, 0.25) is 0 Å². The first-order valence-electron chi connectivity index (χ1n) is 8.33. The van der Waals surface area contributed by atoms with Gasteiger partial charge in [0.15, 0.2) is 0 Å². The zero-order valence-electron chi connectivity index (χ0n) is 13.9. The summed E-state index contributed by atoms with van der Waals surface area (Å²) in [5, 5.41) is 0. The highest BCUT2D eigenvalue weighted by atomic mass is 14.5. The Morgan fingerprint density at radius 3 is 2.17 bits per heavy atom. The minimum atomic E-state index is 0.625. The molecule has 0 saturated heterocycles. The minimum Gasteiger partial charge on any atom is -0.0651 e. The molecule has 1 aliphatic carbocycles. The smallest absolute Gasteiger partial charge is 0.0249 e. The molecular weight excluding hydrogens is 216 g/mol. The highest BCUT2D eigenvalue weighted by Gasteiger charge is 2.49. The van der Waals surface area contributed by atoms with E-state index in [1.54, 1.807) is 0 Å². The van der Waals surface area contributed by atoms with Gasteiger partial charge in [-0.15, -0.1) is 0 Å². The molecular formula is C18H36. The van der Waals surface area contributed by atoms with E-state index in [1.165, 1.54) is 32.1 Å². The molecule has 18 heavy (non-hydrogen) atoms. The lowest BCUT2D eigenvalue weighted by Crippen LogP contribution is -2.49. The van der Waals surface area contributed by atoms with Gasteiger partial charge in [0.05, 0.1) is 0 Å². The molecule has 0 amide bonds. The van der Waals surface area contributed by atoms with Gasteiger partial charge in [-0.2, -0.15) is 0 Å². The summed E-state index contributed by atoms with van der Waals surface area (Å²) in [4.78, 5) is 0. The SMILES string of the molecule is CCC(C)C(C)CCCC1CC(C)C1(C)C(C)C. The molecule has 0 spiro atoms. The van der Waals surface area contributed by atoms with Crippen molar-refractivity contribution in [3.8, 4) is 0 Å². The topological polar surface area (TPSA) is 0 Å². The summed E-state index contributed by atoms with van der Waals surface area (Å²) >= 11 is 0. The Morgan fingerprint density at radius 1 is 1.11 bits per heavy atom. The standard InChI is InChI=1S/C18H36/c1-8-14(4)15(5)10-9-11-17-12-16(6)18(17,7)13(2)3/h13-17H,8-12H2,1-7H3. The Hall–Kier alpha value is 0. The van der Waals surface area contributed by atoms with E-state index >= 15 is 0 Å². The first-order chi connectivity index (χ1) is 8.33. The molecule has 1 aliphatic rings. The molecule has 0 heteroatoms. The van der Waals surface area contributed by atoms with Crippen LogP contribution in [0.2, 0.25) is 0 Å². The van der Waals surface area contributed by atoms with Crippen LogP contribution in [0.15, 0.2) is 0 Å². The fraction of sp³-hybridized carbons (Fsp3) is 1.00. The van der Waals surface area contributed by atoms with Crippen LogP contribution >= 0.6 is 0 Å². The van der Waals surface area contributed by atoms with Crippen molar-refractivity contribution in [2.24, 2.45) is 35.0 Å². The Balaban J connectivity index is 2.33. The van der Waals surface area contributed by atoms with Crippen molar-refractivity contribution >= 4 is 0 Å². The van der Waals surface area contributed by atoms with Crippen molar-refractivity contribution in [2.45, 2.75) is 80.6 Å². The summed E-state index contributed by atoms with van der Waals surface area (Å²) < 4.78 is 0. The summed E-state index contributed by atoms with van der Waals surface area (Å²) in [5.41, 5.74) is 0.625. The molecule has 1 fully saturated rings. The summed E-state index contributed by atoms with van der Waals surface area (Å²) in [6.07, 6.45) is 7.18. The van der Waals surface area contributed by atoms with Crippen molar-refractivity contribution in [1.82, 2.24) is 0 Å². The molecule has 1 rings (SSSR count). The second-order valence-corrected chi connectivity index (χ2v) is 7.65. The van der Waals surface area contributed by atoms with E-state index in [2.05, 4.69) is 48.5 Å². The average Bonchev–Trinajstić information content (AvgIpc) is 2.35. The van der Waals surface area contributed by atoms with Gasteiger partial charge in [-0.3, -0.25) is 0 Å². The predicted molar refractivity (Wildman–Crippen MR) is 82.7 cm³/mol. The lowest BCUT2D eigenvalue weighted by Gasteiger charge is -2.56. The first kappa shape index (κ1) is 16.1. The third kappa shape index (κ3) is 3.11. The second kappa shape index (κ2) is 6.44. The fourth-order valence-electron chi connectivity index (χ4n) is 4.02. The third-order valence-corrected chi connectivity index (χ3v) is 6.65. The maximum Gasteiger partial charge on any atom is -0.0249 e. The molecule has 0 aromatic heterocycles. The van der Waals surface area contributed by atoms with Gasteiger partial charge in [-0.25, -0.2) is 0 Å². The molecule has 0 aromatic carbocycles. The van der Waals surface area contributed by atoms with Crippen molar-refractivity contribution < 1.29 is 0 Å².